The van der Waals surface area contributed by atoms with Gasteiger partial charge in [-0.1, -0.05) is 37.3 Å². The van der Waals surface area contributed by atoms with Gasteiger partial charge in [-0.2, -0.15) is 0 Å². The molecule has 1 atom stereocenters. The molecule has 0 aliphatic carbocycles. The standard InChI is InChI=1S/C24H21Br2NO5/c1-2-20(15-6-4-3-5-7-15)27-24(31)17-13-16(8-9-21(17)28)32-23-18(25)10-14(11-19(23)26)12-22(29)30/h3-11,13,20,28H,2,12H2,1H3,(H,27,31)(H,29,30). The number of carboxylic acid groups (broad SMARTS) is 1. The summed E-state index contributed by atoms with van der Waals surface area (Å²) >= 11 is 6.80. The highest BCUT2D eigenvalue weighted by molar-refractivity contribution is 9.11. The Balaban J connectivity index is 1.83. The van der Waals surface area contributed by atoms with Crippen molar-refractivity contribution in [3.05, 3.63) is 86.3 Å². The summed E-state index contributed by atoms with van der Waals surface area (Å²) in [5, 5.41) is 22.2. The molecule has 0 fully saturated rings. The highest BCUT2D eigenvalue weighted by Gasteiger charge is 2.19. The zero-order chi connectivity index (χ0) is 23.3. The SMILES string of the molecule is CCC(NC(=O)c1cc(Oc2c(Br)cc(CC(=O)O)cc2Br)ccc1O)c1ccccc1. The number of nitrogens with one attached hydrogen (secondary N) is 1. The van der Waals surface area contributed by atoms with E-state index in [-0.39, 0.29) is 23.8 Å². The Labute approximate surface area is 202 Å². The lowest BCUT2D eigenvalue weighted by Gasteiger charge is -2.18. The van der Waals surface area contributed by atoms with Gasteiger partial charge >= 0.3 is 5.97 Å². The van der Waals surface area contributed by atoms with Crippen LogP contribution in [-0.4, -0.2) is 22.1 Å². The second kappa shape index (κ2) is 10.7. The first-order valence-electron chi connectivity index (χ1n) is 9.84. The van der Waals surface area contributed by atoms with E-state index >= 15 is 0 Å². The van der Waals surface area contributed by atoms with Crippen molar-refractivity contribution in [3.8, 4) is 17.2 Å². The predicted molar refractivity (Wildman–Crippen MR) is 128 cm³/mol. The third-order valence-corrected chi connectivity index (χ3v) is 5.94. The molecule has 0 bridgehead atoms. The number of carbonyl (C=O) groups is 2. The van der Waals surface area contributed by atoms with Gasteiger partial charge in [0.1, 0.15) is 11.5 Å². The van der Waals surface area contributed by atoms with Crippen molar-refractivity contribution >= 4 is 43.7 Å². The Kier molecular flexibility index (Phi) is 7.93. The van der Waals surface area contributed by atoms with Crippen LogP contribution in [0.5, 0.6) is 17.2 Å². The molecule has 0 spiro atoms. The number of aromatic hydroxyl groups is 1. The molecule has 0 aliphatic heterocycles. The Bertz CT molecular complexity index is 1110. The molecule has 0 aromatic heterocycles. The molecule has 8 heteroatoms. The molecule has 3 N–H and O–H groups in total. The fraction of sp³-hybridized carbons (Fsp3) is 0.167. The van der Waals surface area contributed by atoms with E-state index < -0.39 is 11.9 Å². The maximum Gasteiger partial charge on any atom is 0.307 e. The molecular weight excluding hydrogens is 542 g/mol. The van der Waals surface area contributed by atoms with Crippen LogP contribution < -0.4 is 10.1 Å². The topological polar surface area (TPSA) is 95.9 Å². The van der Waals surface area contributed by atoms with E-state index in [0.29, 0.717) is 32.4 Å². The molecule has 0 heterocycles. The van der Waals surface area contributed by atoms with Gasteiger partial charge in [0, 0.05) is 0 Å². The van der Waals surface area contributed by atoms with Crippen molar-refractivity contribution < 1.29 is 24.5 Å². The fourth-order valence-electron chi connectivity index (χ4n) is 3.21. The highest BCUT2D eigenvalue weighted by atomic mass is 79.9. The molecule has 3 aromatic carbocycles. The quantitative estimate of drug-likeness (QED) is 0.303. The Hall–Kier alpha value is -2.84. The Morgan fingerprint density at radius 3 is 2.28 bits per heavy atom. The normalized spacial score (nSPS) is 11.6. The molecule has 32 heavy (non-hydrogen) atoms. The van der Waals surface area contributed by atoms with E-state index in [1.54, 1.807) is 18.2 Å². The number of phenolic OH excluding ortho intramolecular Hbond substituents is 1. The monoisotopic (exact) mass is 561 g/mol. The van der Waals surface area contributed by atoms with E-state index in [0.717, 1.165) is 5.56 Å². The van der Waals surface area contributed by atoms with Gasteiger partial charge in [0.15, 0.2) is 5.75 Å². The number of amides is 1. The molecule has 1 amide bonds. The smallest absolute Gasteiger partial charge is 0.307 e. The average molecular weight is 563 g/mol. The number of rotatable bonds is 8. The predicted octanol–water partition coefficient (Wildman–Crippen LogP) is 6.22. The van der Waals surface area contributed by atoms with Gasteiger partial charge < -0.3 is 20.3 Å². The van der Waals surface area contributed by atoms with Crippen LogP contribution in [0.15, 0.2) is 69.6 Å². The largest absolute Gasteiger partial charge is 0.507 e. The summed E-state index contributed by atoms with van der Waals surface area (Å²) in [6.07, 6.45) is 0.566. The lowest BCUT2D eigenvalue weighted by atomic mass is 10.0. The fourth-order valence-corrected chi connectivity index (χ4v) is 4.65. The molecule has 0 radical (unpaired) electrons. The second-order valence-corrected chi connectivity index (χ2v) is 8.79. The van der Waals surface area contributed by atoms with Crippen LogP contribution in [0, 0.1) is 0 Å². The number of carboxylic acids is 1. The third kappa shape index (κ3) is 5.89. The average Bonchev–Trinajstić information content (AvgIpc) is 2.75. The van der Waals surface area contributed by atoms with E-state index in [9.17, 15) is 14.7 Å². The van der Waals surface area contributed by atoms with Crippen molar-refractivity contribution in [1.29, 1.82) is 0 Å². The number of hydrogen-bond donors (Lipinski definition) is 3. The first-order chi connectivity index (χ1) is 15.3. The first kappa shape index (κ1) is 23.8. The maximum absolute atomic E-state index is 12.9. The van der Waals surface area contributed by atoms with Crippen molar-refractivity contribution in [1.82, 2.24) is 5.32 Å². The van der Waals surface area contributed by atoms with Gasteiger partial charge in [-0.25, -0.2) is 0 Å². The first-order valence-corrected chi connectivity index (χ1v) is 11.4. The van der Waals surface area contributed by atoms with Crippen LogP contribution >= 0.6 is 31.9 Å². The summed E-state index contributed by atoms with van der Waals surface area (Å²) in [4.78, 5) is 23.9. The van der Waals surface area contributed by atoms with Crippen LogP contribution in [0.3, 0.4) is 0 Å². The zero-order valence-corrected chi connectivity index (χ0v) is 20.3. The van der Waals surface area contributed by atoms with E-state index in [1.165, 1.54) is 12.1 Å². The Morgan fingerprint density at radius 1 is 1.03 bits per heavy atom. The molecular formula is C24H21Br2NO5. The lowest BCUT2D eigenvalue weighted by molar-refractivity contribution is -0.136. The summed E-state index contributed by atoms with van der Waals surface area (Å²) in [6, 6.07) is 17.1. The van der Waals surface area contributed by atoms with E-state index in [1.807, 2.05) is 37.3 Å². The number of hydrogen-bond acceptors (Lipinski definition) is 4. The number of carbonyl (C=O) groups excluding carboxylic acids is 1. The van der Waals surface area contributed by atoms with Crippen LogP contribution in [0.2, 0.25) is 0 Å². The number of benzene rings is 3. The van der Waals surface area contributed by atoms with Gasteiger partial charge in [-0.3, -0.25) is 9.59 Å². The molecule has 0 saturated carbocycles. The maximum atomic E-state index is 12.9. The molecule has 3 aromatic rings. The third-order valence-electron chi connectivity index (χ3n) is 4.76. The molecule has 1 unspecified atom stereocenters. The molecule has 0 aliphatic rings. The second-order valence-electron chi connectivity index (χ2n) is 7.09. The van der Waals surface area contributed by atoms with Crippen LogP contribution in [0.4, 0.5) is 0 Å². The summed E-state index contributed by atoms with van der Waals surface area (Å²) in [7, 11) is 0. The van der Waals surface area contributed by atoms with Crippen LogP contribution in [0.25, 0.3) is 0 Å². The molecule has 3 rings (SSSR count). The minimum absolute atomic E-state index is 0.0895. The van der Waals surface area contributed by atoms with Crippen molar-refractivity contribution in [3.63, 3.8) is 0 Å². The number of phenols is 1. The van der Waals surface area contributed by atoms with Crippen LogP contribution in [0.1, 0.15) is 40.9 Å². The van der Waals surface area contributed by atoms with Crippen LogP contribution in [-0.2, 0) is 11.2 Å². The van der Waals surface area contributed by atoms with Gasteiger partial charge in [0.25, 0.3) is 5.91 Å². The lowest BCUT2D eigenvalue weighted by Crippen LogP contribution is -2.28. The number of aliphatic carboxylic acids is 1. The van der Waals surface area contributed by atoms with Gasteiger partial charge in [-0.15, -0.1) is 0 Å². The molecule has 166 valence electrons. The van der Waals surface area contributed by atoms with Crippen molar-refractivity contribution in [2.24, 2.45) is 0 Å². The minimum Gasteiger partial charge on any atom is -0.507 e. The van der Waals surface area contributed by atoms with Gasteiger partial charge in [-0.05, 0) is 79.7 Å². The Morgan fingerprint density at radius 2 is 1.69 bits per heavy atom. The summed E-state index contributed by atoms with van der Waals surface area (Å²) in [6.45, 7) is 1.97. The summed E-state index contributed by atoms with van der Waals surface area (Å²) in [5.74, 6) is -0.751. The van der Waals surface area contributed by atoms with E-state index in [2.05, 4.69) is 37.2 Å². The summed E-state index contributed by atoms with van der Waals surface area (Å²) in [5.41, 5.74) is 1.66. The number of halogens is 2. The van der Waals surface area contributed by atoms with Gasteiger partial charge in [0.05, 0.1) is 27.0 Å². The number of ether oxygens (including phenoxy) is 1. The molecule has 0 saturated heterocycles. The zero-order valence-electron chi connectivity index (χ0n) is 17.1. The van der Waals surface area contributed by atoms with Crippen molar-refractivity contribution in [2.45, 2.75) is 25.8 Å². The summed E-state index contributed by atoms with van der Waals surface area (Å²) < 4.78 is 7.04. The van der Waals surface area contributed by atoms with E-state index in [4.69, 9.17) is 9.84 Å². The van der Waals surface area contributed by atoms with Gasteiger partial charge in [0.2, 0.25) is 0 Å². The van der Waals surface area contributed by atoms with Crippen molar-refractivity contribution in [2.75, 3.05) is 0 Å². The highest BCUT2D eigenvalue weighted by Crippen LogP contribution is 2.39. The molecule has 6 nitrogen and oxygen atoms in total. The minimum atomic E-state index is -0.937.